The minimum Gasteiger partial charge on any atom is -0.409 e. The minimum atomic E-state index is -0.195. The lowest BCUT2D eigenvalue weighted by Gasteiger charge is -2.48. The highest BCUT2D eigenvalue weighted by Crippen LogP contribution is 2.32. The zero-order valence-corrected chi connectivity index (χ0v) is 13.5. The van der Waals surface area contributed by atoms with Gasteiger partial charge in [-0.3, -0.25) is 0 Å². The van der Waals surface area contributed by atoms with E-state index in [0.29, 0.717) is 0 Å². The summed E-state index contributed by atoms with van der Waals surface area (Å²) in [6, 6.07) is 5.98. The van der Waals surface area contributed by atoms with Crippen LogP contribution >= 0.6 is 0 Å². The van der Waals surface area contributed by atoms with E-state index in [1.807, 2.05) is 19.1 Å². The van der Waals surface area contributed by atoms with Gasteiger partial charge in [-0.25, -0.2) is 0 Å². The highest BCUT2D eigenvalue weighted by Gasteiger charge is 2.38. The first kappa shape index (κ1) is 15.6. The zero-order chi connectivity index (χ0) is 15.8. The third-order valence-corrected chi connectivity index (χ3v) is 3.65. The summed E-state index contributed by atoms with van der Waals surface area (Å²) < 4.78 is 6.11. The maximum Gasteiger partial charge on any atom is 0.170 e. The van der Waals surface area contributed by atoms with Crippen LogP contribution in [0.4, 0.5) is 5.69 Å². The van der Waals surface area contributed by atoms with Crippen molar-refractivity contribution in [2.75, 3.05) is 18.0 Å². The number of nitrogens with two attached hydrogens (primary N) is 1. The number of hydrogen-bond acceptors (Lipinski definition) is 4. The number of ether oxygens (including phenoxy) is 1. The van der Waals surface area contributed by atoms with Crippen LogP contribution in [0.5, 0.6) is 0 Å². The van der Waals surface area contributed by atoms with Crippen LogP contribution < -0.4 is 10.6 Å². The van der Waals surface area contributed by atoms with E-state index in [1.165, 1.54) is 0 Å². The van der Waals surface area contributed by atoms with Gasteiger partial charge in [-0.05, 0) is 58.4 Å². The highest BCUT2D eigenvalue weighted by molar-refractivity contribution is 5.98. The van der Waals surface area contributed by atoms with E-state index in [1.54, 1.807) is 0 Å². The standard InChI is InChI=1S/C16H25N3O2/c1-11-8-12(6-7-13(11)14(17)18-20)19-9-15(2,3)21-16(4,5)10-19/h6-8,20H,9-10H2,1-5H3,(H2,17,18). The van der Waals surface area contributed by atoms with E-state index in [4.69, 9.17) is 15.7 Å². The molecule has 0 amide bonds. The lowest BCUT2D eigenvalue weighted by molar-refractivity contribution is -0.133. The second-order valence-corrected chi connectivity index (χ2v) is 6.96. The first-order chi connectivity index (χ1) is 9.63. The van der Waals surface area contributed by atoms with E-state index >= 15 is 0 Å². The molecule has 0 radical (unpaired) electrons. The molecule has 0 saturated carbocycles. The van der Waals surface area contributed by atoms with Crippen LogP contribution in [0, 0.1) is 6.92 Å². The average molecular weight is 291 g/mol. The minimum absolute atomic E-state index is 0.140. The Bertz CT molecular complexity index is 549. The molecule has 2 rings (SSSR count). The van der Waals surface area contributed by atoms with E-state index < -0.39 is 0 Å². The van der Waals surface area contributed by atoms with Gasteiger partial charge in [0, 0.05) is 24.3 Å². The molecule has 1 saturated heterocycles. The largest absolute Gasteiger partial charge is 0.409 e. The number of benzene rings is 1. The summed E-state index contributed by atoms with van der Waals surface area (Å²) in [5, 5.41) is 11.9. The van der Waals surface area contributed by atoms with Crippen LogP contribution in [0.2, 0.25) is 0 Å². The molecule has 0 aromatic heterocycles. The monoisotopic (exact) mass is 291 g/mol. The number of hydrogen-bond donors (Lipinski definition) is 2. The second kappa shape index (κ2) is 5.22. The van der Waals surface area contributed by atoms with Crippen molar-refractivity contribution >= 4 is 11.5 Å². The number of morpholine rings is 1. The molecule has 1 aromatic rings. The molecule has 21 heavy (non-hydrogen) atoms. The van der Waals surface area contributed by atoms with E-state index in [9.17, 15) is 0 Å². The smallest absolute Gasteiger partial charge is 0.170 e. The SMILES string of the molecule is Cc1cc(N2CC(C)(C)OC(C)(C)C2)ccc1/C(N)=N/O. The maximum atomic E-state index is 8.80. The van der Waals surface area contributed by atoms with Crippen molar-refractivity contribution in [3.8, 4) is 0 Å². The first-order valence-electron chi connectivity index (χ1n) is 7.17. The van der Waals surface area contributed by atoms with Crippen molar-refractivity contribution in [3.63, 3.8) is 0 Å². The third-order valence-electron chi connectivity index (χ3n) is 3.65. The van der Waals surface area contributed by atoms with Crippen molar-refractivity contribution in [2.24, 2.45) is 10.9 Å². The van der Waals surface area contributed by atoms with Gasteiger partial charge in [0.05, 0.1) is 11.2 Å². The Morgan fingerprint density at radius 1 is 1.24 bits per heavy atom. The van der Waals surface area contributed by atoms with Gasteiger partial charge in [-0.1, -0.05) is 5.16 Å². The lowest BCUT2D eigenvalue weighted by atomic mass is 9.97. The molecular weight excluding hydrogens is 266 g/mol. The lowest BCUT2D eigenvalue weighted by Crippen LogP contribution is -2.57. The van der Waals surface area contributed by atoms with Crippen molar-refractivity contribution in [1.82, 2.24) is 0 Å². The Hall–Kier alpha value is -1.75. The van der Waals surface area contributed by atoms with Gasteiger partial charge in [0.2, 0.25) is 0 Å². The molecule has 0 aliphatic carbocycles. The van der Waals surface area contributed by atoms with Crippen molar-refractivity contribution in [3.05, 3.63) is 29.3 Å². The molecule has 0 bridgehead atoms. The summed E-state index contributed by atoms with van der Waals surface area (Å²) in [5.41, 5.74) is 8.17. The van der Waals surface area contributed by atoms with Crippen LogP contribution in [0.25, 0.3) is 0 Å². The summed E-state index contributed by atoms with van der Waals surface area (Å²) >= 11 is 0. The first-order valence-corrected chi connectivity index (χ1v) is 7.17. The quantitative estimate of drug-likeness (QED) is 0.380. The van der Waals surface area contributed by atoms with Crippen LogP contribution in [-0.4, -0.2) is 35.3 Å². The second-order valence-electron chi connectivity index (χ2n) is 6.96. The number of aryl methyl sites for hydroxylation is 1. The number of rotatable bonds is 2. The third kappa shape index (κ3) is 3.47. The van der Waals surface area contributed by atoms with Gasteiger partial charge in [0.1, 0.15) is 0 Å². The molecule has 0 atom stereocenters. The summed E-state index contributed by atoms with van der Waals surface area (Å²) in [4.78, 5) is 2.33. The molecule has 5 heteroatoms. The predicted molar refractivity (Wildman–Crippen MR) is 85.1 cm³/mol. The molecule has 1 aliphatic heterocycles. The molecule has 5 nitrogen and oxygen atoms in total. The van der Waals surface area contributed by atoms with Gasteiger partial charge in [-0.2, -0.15) is 0 Å². The fourth-order valence-corrected chi connectivity index (χ4v) is 3.16. The topological polar surface area (TPSA) is 71.1 Å². The fraction of sp³-hybridized carbons (Fsp3) is 0.562. The molecule has 1 heterocycles. The number of amidine groups is 1. The van der Waals surface area contributed by atoms with Crippen LogP contribution in [0.3, 0.4) is 0 Å². The van der Waals surface area contributed by atoms with E-state index in [2.05, 4.69) is 43.8 Å². The van der Waals surface area contributed by atoms with Gasteiger partial charge in [0.15, 0.2) is 5.84 Å². The Kier molecular flexibility index (Phi) is 3.89. The zero-order valence-electron chi connectivity index (χ0n) is 13.5. The van der Waals surface area contributed by atoms with Gasteiger partial charge >= 0.3 is 0 Å². The maximum absolute atomic E-state index is 8.80. The Morgan fingerprint density at radius 3 is 2.29 bits per heavy atom. The number of oxime groups is 1. The Morgan fingerprint density at radius 2 is 1.81 bits per heavy atom. The molecule has 1 fully saturated rings. The summed E-state index contributed by atoms with van der Waals surface area (Å²) in [7, 11) is 0. The molecular formula is C16H25N3O2. The number of anilines is 1. The molecule has 0 spiro atoms. The van der Waals surface area contributed by atoms with Crippen molar-refractivity contribution in [2.45, 2.75) is 45.8 Å². The van der Waals surface area contributed by atoms with Gasteiger partial charge < -0.3 is 20.6 Å². The summed E-state index contributed by atoms with van der Waals surface area (Å²) in [6.07, 6.45) is 0. The molecule has 1 aromatic carbocycles. The van der Waals surface area contributed by atoms with E-state index in [-0.39, 0.29) is 17.0 Å². The van der Waals surface area contributed by atoms with Crippen molar-refractivity contribution in [1.29, 1.82) is 0 Å². The van der Waals surface area contributed by atoms with E-state index in [0.717, 1.165) is 29.9 Å². The van der Waals surface area contributed by atoms with Crippen LogP contribution in [0.1, 0.15) is 38.8 Å². The van der Waals surface area contributed by atoms with Gasteiger partial charge in [-0.15, -0.1) is 0 Å². The number of nitrogens with zero attached hydrogens (tertiary/aromatic N) is 2. The Labute approximate surface area is 126 Å². The molecule has 0 unspecified atom stereocenters. The normalized spacial score (nSPS) is 21.4. The summed E-state index contributed by atoms with van der Waals surface area (Å²) in [5.74, 6) is 0.140. The fourth-order valence-electron chi connectivity index (χ4n) is 3.16. The molecule has 116 valence electrons. The van der Waals surface area contributed by atoms with Crippen LogP contribution in [-0.2, 0) is 4.74 Å². The van der Waals surface area contributed by atoms with Gasteiger partial charge in [0.25, 0.3) is 0 Å². The van der Waals surface area contributed by atoms with Crippen molar-refractivity contribution < 1.29 is 9.94 Å². The summed E-state index contributed by atoms with van der Waals surface area (Å²) in [6.45, 7) is 12.1. The Balaban J connectivity index is 2.32. The highest BCUT2D eigenvalue weighted by atomic mass is 16.5. The predicted octanol–water partition coefficient (Wildman–Crippen LogP) is 2.48. The average Bonchev–Trinajstić information content (AvgIpc) is 2.34. The van der Waals surface area contributed by atoms with Crippen LogP contribution in [0.15, 0.2) is 23.4 Å². The molecule has 3 N–H and O–H groups in total. The molecule has 1 aliphatic rings.